The fourth-order valence-corrected chi connectivity index (χ4v) is 5.32. The third-order valence-corrected chi connectivity index (χ3v) is 8.43. The van der Waals surface area contributed by atoms with Crippen LogP contribution in [0.15, 0.2) is 35.6 Å². The first kappa shape index (κ1) is 23.1. The van der Waals surface area contributed by atoms with Gasteiger partial charge in [0.15, 0.2) is 9.84 Å². The van der Waals surface area contributed by atoms with Crippen LogP contribution in [0.5, 0.6) is 0 Å². The number of amidine groups is 1. The molecule has 13 heteroatoms. The van der Waals surface area contributed by atoms with Gasteiger partial charge in [-0.2, -0.15) is 13.2 Å². The fraction of sp³-hybridized carbons (Fsp3) is 0.400. The van der Waals surface area contributed by atoms with Gasteiger partial charge < -0.3 is 15.8 Å². The zero-order valence-electron chi connectivity index (χ0n) is 17.6. The van der Waals surface area contributed by atoms with E-state index in [4.69, 9.17) is 10.5 Å². The summed E-state index contributed by atoms with van der Waals surface area (Å²) in [6, 6.07) is 4.76. The highest BCUT2D eigenvalue weighted by atomic mass is 32.2. The molecular weight excluding hydrogens is 463 g/mol. The third kappa shape index (κ3) is 3.95. The highest BCUT2D eigenvalue weighted by Crippen LogP contribution is 2.42. The Hall–Kier alpha value is -3.06. The highest BCUT2D eigenvalue weighted by Gasteiger charge is 2.52. The van der Waals surface area contributed by atoms with Gasteiger partial charge in [0.05, 0.1) is 24.5 Å². The van der Waals surface area contributed by atoms with Gasteiger partial charge in [0.1, 0.15) is 16.1 Å². The zero-order chi connectivity index (χ0) is 24.2. The molecule has 0 fully saturated rings. The Balaban J connectivity index is 1.67. The maximum absolute atomic E-state index is 13.0. The van der Waals surface area contributed by atoms with Crippen LogP contribution in [0.3, 0.4) is 0 Å². The molecule has 1 atom stereocenters. The van der Waals surface area contributed by atoms with Crippen LogP contribution in [0.2, 0.25) is 0 Å². The molecule has 0 aliphatic carbocycles. The minimum atomic E-state index is -4.62. The predicted molar refractivity (Wildman–Crippen MR) is 112 cm³/mol. The number of nitrogens with zero attached hydrogens (tertiary/aromatic N) is 3. The number of aliphatic imine (C=N–C) groups is 1. The van der Waals surface area contributed by atoms with Crippen molar-refractivity contribution in [2.75, 3.05) is 17.7 Å². The van der Waals surface area contributed by atoms with E-state index in [1.807, 2.05) is 0 Å². The number of hydrogen-bond donors (Lipinski definition) is 2. The quantitative estimate of drug-likeness (QED) is 0.667. The second-order valence-corrected chi connectivity index (χ2v) is 10.9. The summed E-state index contributed by atoms with van der Waals surface area (Å²) >= 11 is 0. The van der Waals surface area contributed by atoms with Gasteiger partial charge in [-0.1, -0.05) is 6.07 Å². The highest BCUT2D eigenvalue weighted by molar-refractivity contribution is 7.93. The van der Waals surface area contributed by atoms with Gasteiger partial charge in [-0.15, -0.1) is 0 Å². The van der Waals surface area contributed by atoms with Crippen LogP contribution in [0, 0.1) is 0 Å². The van der Waals surface area contributed by atoms with Crippen molar-refractivity contribution in [1.29, 1.82) is 0 Å². The first-order valence-electron chi connectivity index (χ1n) is 9.75. The number of amides is 1. The number of nitrogens with two attached hydrogens (primary N) is 1. The number of aromatic nitrogens is 2. The molecule has 3 N–H and O–H groups in total. The summed E-state index contributed by atoms with van der Waals surface area (Å²) in [5, 5.41) is 2.52. The Morgan fingerprint density at radius 2 is 1.88 bits per heavy atom. The summed E-state index contributed by atoms with van der Waals surface area (Å²) in [6.07, 6.45) is -3.58. The first-order valence-corrected chi connectivity index (χ1v) is 11.4. The van der Waals surface area contributed by atoms with Gasteiger partial charge in [0.2, 0.25) is 5.82 Å². The van der Waals surface area contributed by atoms with Crippen LogP contribution in [-0.4, -0.2) is 47.2 Å². The van der Waals surface area contributed by atoms with Gasteiger partial charge >= 0.3 is 6.18 Å². The van der Waals surface area contributed by atoms with Crippen molar-refractivity contribution in [3.63, 3.8) is 0 Å². The van der Waals surface area contributed by atoms with E-state index in [0.29, 0.717) is 23.5 Å². The Morgan fingerprint density at radius 1 is 1.21 bits per heavy atom. The number of sulfone groups is 1. The fourth-order valence-electron chi connectivity index (χ4n) is 3.66. The number of carbonyl (C=O) groups excluding carboxylic acids is 1. The van der Waals surface area contributed by atoms with E-state index >= 15 is 0 Å². The average Bonchev–Trinajstić information content (AvgIpc) is 2.72. The molecule has 0 saturated carbocycles. The lowest BCUT2D eigenvalue weighted by Crippen LogP contribution is -2.57. The van der Waals surface area contributed by atoms with Crippen LogP contribution >= 0.6 is 0 Å². The minimum Gasteiger partial charge on any atom is -0.386 e. The molecule has 2 aromatic rings. The van der Waals surface area contributed by atoms with E-state index in [2.05, 4.69) is 20.3 Å². The van der Waals surface area contributed by atoms with Crippen molar-refractivity contribution in [2.45, 2.75) is 36.9 Å². The first-order chi connectivity index (χ1) is 15.3. The third-order valence-electron chi connectivity index (χ3n) is 5.81. The van der Waals surface area contributed by atoms with Crippen LogP contribution in [-0.2, 0) is 32.9 Å². The molecule has 176 valence electrons. The number of ether oxygens (including phenoxy) is 1. The minimum absolute atomic E-state index is 0.0184. The monoisotopic (exact) mass is 483 g/mol. The molecule has 0 bridgehead atoms. The summed E-state index contributed by atoms with van der Waals surface area (Å²) in [5.74, 6) is -1.66. The van der Waals surface area contributed by atoms with E-state index in [-0.39, 0.29) is 30.5 Å². The van der Waals surface area contributed by atoms with Crippen LogP contribution in [0.25, 0.3) is 0 Å². The van der Waals surface area contributed by atoms with Crippen LogP contribution in [0.4, 0.5) is 18.9 Å². The van der Waals surface area contributed by atoms with Gasteiger partial charge in [-0.05, 0) is 37.1 Å². The van der Waals surface area contributed by atoms with Crippen molar-refractivity contribution in [1.82, 2.24) is 9.97 Å². The van der Waals surface area contributed by atoms with Crippen molar-refractivity contribution < 1.29 is 31.1 Å². The molecule has 4 rings (SSSR count). The van der Waals surface area contributed by atoms with E-state index < -0.39 is 43.6 Å². The molecule has 33 heavy (non-hydrogen) atoms. The summed E-state index contributed by atoms with van der Waals surface area (Å²) in [4.78, 5) is 23.9. The maximum atomic E-state index is 13.0. The van der Waals surface area contributed by atoms with Crippen LogP contribution in [0.1, 0.15) is 41.2 Å². The molecule has 1 amide bonds. The number of anilines is 1. The molecule has 2 aliphatic heterocycles. The van der Waals surface area contributed by atoms with Crippen molar-refractivity contribution in [3.8, 4) is 0 Å². The standard InChI is InChI=1S/C20H20F3N5O4S/c1-18(2)17(24)28-19(10-33(18,30)31)9-32-8-11-3-4-13(5-14(11)19)27-16(29)15-25-6-12(7-26-15)20(21,22)23/h3-7H,8-10H2,1-2H3,(H2,24,28)(H,27,29). The lowest BCUT2D eigenvalue weighted by Gasteiger charge is -2.42. The molecule has 2 aliphatic rings. The summed E-state index contributed by atoms with van der Waals surface area (Å²) in [5.41, 5.74) is 5.15. The molecule has 3 heterocycles. The van der Waals surface area contributed by atoms with Gasteiger partial charge in [0.25, 0.3) is 5.91 Å². The van der Waals surface area contributed by atoms with Gasteiger partial charge in [0, 0.05) is 18.1 Å². The predicted octanol–water partition coefficient (Wildman–Crippen LogP) is 2.04. The SMILES string of the molecule is CC1(C)C(N)=NC2(COCc3ccc(NC(=O)c4ncc(C(F)(F)F)cn4)cc32)CS1(=O)=O. The smallest absolute Gasteiger partial charge is 0.386 e. The summed E-state index contributed by atoms with van der Waals surface area (Å²) in [6.45, 7) is 3.17. The Morgan fingerprint density at radius 3 is 2.48 bits per heavy atom. The second-order valence-electron chi connectivity index (χ2n) is 8.41. The Kier molecular flexibility index (Phi) is 5.24. The number of alkyl halides is 3. The van der Waals surface area contributed by atoms with E-state index in [9.17, 15) is 26.4 Å². The largest absolute Gasteiger partial charge is 0.419 e. The van der Waals surface area contributed by atoms with E-state index in [0.717, 1.165) is 0 Å². The second kappa shape index (κ2) is 7.48. The van der Waals surface area contributed by atoms with Crippen molar-refractivity contribution in [3.05, 3.63) is 53.1 Å². The Bertz CT molecular complexity index is 1260. The topological polar surface area (TPSA) is 137 Å². The maximum Gasteiger partial charge on any atom is 0.419 e. The molecular formula is C20H20F3N5O4S. The number of fused-ring (bicyclic) bond motifs is 2. The molecule has 1 unspecified atom stereocenters. The molecule has 0 radical (unpaired) electrons. The zero-order valence-corrected chi connectivity index (χ0v) is 18.4. The average molecular weight is 483 g/mol. The summed E-state index contributed by atoms with van der Waals surface area (Å²) in [7, 11) is -3.69. The number of rotatable bonds is 2. The lowest BCUT2D eigenvalue weighted by molar-refractivity contribution is -0.138. The normalized spacial score (nSPS) is 23.5. The van der Waals surface area contributed by atoms with Crippen LogP contribution < -0.4 is 11.1 Å². The number of benzene rings is 1. The van der Waals surface area contributed by atoms with Crippen molar-refractivity contribution >= 4 is 27.3 Å². The molecule has 0 saturated heterocycles. The Labute approximate surface area is 187 Å². The summed E-state index contributed by atoms with van der Waals surface area (Å²) < 4.78 is 68.2. The lowest BCUT2D eigenvalue weighted by atomic mass is 9.86. The number of carbonyl (C=O) groups is 1. The molecule has 1 aromatic heterocycles. The number of hydrogen-bond acceptors (Lipinski definition) is 8. The number of halogens is 3. The van der Waals surface area contributed by atoms with E-state index in [1.54, 1.807) is 18.2 Å². The van der Waals surface area contributed by atoms with E-state index in [1.165, 1.54) is 13.8 Å². The number of nitrogens with one attached hydrogen (secondary N) is 1. The van der Waals surface area contributed by atoms with Gasteiger partial charge in [-0.25, -0.2) is 18.4 Å². The molecule has 1 aromatic carbocycles. The van der Waals surface area contributed by atoms with Gasteiger partial charge in [-0.3, -0.25) is 9.79 Å². The molecule has 1 spiro atoms. The van der Waals surface area contributed by atoms with Crippen molar-refractivity contribution in [2.24, 2.45) is 10.7 Å². The molecule has 9 nitrogen and oxygen atoms in total.